The number of carbonyl (C=O) groups excluding carboxylic acids is 3. The highest BCUT2D eigenvalue weighted by Gasteiger charge is 2.43. The summed E-state index contributed by atoms with van der Waals surface area (Å²) in [5, 5.41) is 13.8. The van der Waals surface area contributed by atoms with Gasteiger partial charge in [-0.15, -0.1) is 0 Å². The van der Waals surface area contributed by atoms with Gasteiger partial charge in [0.1, 0.15) is 12.2 Å². The van der Waals surface area contributed by atoms with Gasteiger partial charge in [-0.05, 0) is 83.6 Å². The van der Waals surface area contributed by atoms with Crippen molar-refractivity contribution in [1.29, 1.82) is 0 Å². The van der Waals surface area contributed by atoms with E-state index in [1.807, 2.05) is 41.5 Å². The number of hydrogen-bond donors (Lipinski definition) is 2. The third-order valence-corrected chi connectivity index (χ3v) is 7.92. The van der Waals surface area contributed by atoms with Crippen LogP contribution in [0.1, 0.15) is 101 Å². The van der Waals surface area contributed by atoms with Crippen LogP contribution in [0.4, 0.5) is 0 Å². The van der Waals surface area contributed by atoms with Gasteiger partial charge < -0.3 is 19.9 Å². The van der Waals surface area contributed by atoms with E-state index in [1.165, 1.54) is 12.5 Å². The first-order valence-corrected chi connectivity index (χ1v) is 14.3. The van der Waals surface area contributed by atoms with Crippen molar-refractivity contribution in [3.63, 3.8) is 0 Å². The maximum Gasteiger partial charge on any atom is 0.311 e. The van der Waals surface area contributed by atoms with Gasteiger partial charge in [-0.1, -0.05) is 39.0 Å². The molecule has 38 heavy (non-hydrogen) atoms. The Balaban J connectivity index is 2.12. The van der Waals surface area contributed by atoms with E-state index in [2.05, 4.69) is 37.4 Å². The summed E-state index contributed by atoms with van der Waals surface area (Å²) < 4.78 is 11.6. The normalized spacial score (nSPS) is 27.0. The first-order valence-electron chi connectivity index (χ1n) is 14.3. The van der Waals surface area contributed by atoms with Crippen LogP contribution in [0.25, 0.3) is 0 Å². The summed E-state index contributed by atoms with van der Waals surface area (Å²) in [7, 11) is 0. The molecule has 0 radical (unpaired) electrons. The van der Waals surface area contributed by atoms with Gasteiger partial charge in [0.2, 0.25) is 5.91 Å². The van der Waals surface area contributed by atoms with Gasteiger partial charge in [-0.2, -0.15) is 0 Å². The minimum atomic E-state index is -0.727. The molecular formula is C31H51NO6. The maximum absolute atomic E-state index is 13.0. The zero-order valence-corrected chi connectivity index (χ0v) is 25.0. The number of carbonyl (C=O) groups is 3. The van der Waals surface area contributed by atoms with Crippen molar-refractivity contribution in [1.82, 2.24) is 5.32 Å². The van der Waals surface area contributed by atoms with Crippen molar-refractivity contribution in [3.8, 4) is 0 Å². The molecule has 2 aliphatic carbocycles. The molecule has 0 bridgehead atoms. The van der Waals surface area contributed by atoms with Crippen LogP contribution in [0, 0.1) is 29.1 Å². The lowest BCUT2D eigenvalue weighted by Crippen LogP contribution is -2.43. The van der Waals surface area contributed by atoms with Crippen LogP contribution < -0.4 is 5.32 Å². The van der Waals surface area contributed by atoms with Gasteiger partial charge in [0, 0.05) is 24.8 Å². The van der Waals surface area contributed by atoms with Crippen LogP contribution in [0.2, 0.25) is 0 Å². The van der Waals surface area contributed by atoms with Crippen LogP contribution in [0.5, 0.6) is 0 Å². The molecule has 0 saturated heterocycles. The lowest BCUT2D eigenvalue weighted by Gasteiger charge is -2.44. The molecule has 2 aliphatic rings. The Morgan fingerprint density at radius 1 is 1.16 bits per heavy atom. The number of nitrogens with one attached hydrogen (secondary N) is 1. The zero-order chi connectivity index (χ0) is 28.8. The number of rotatable bonds is 11. The highest BCUT2D eigenvalue weighted by molar-refractivity contribution is 5.77. The molecule has 2 N–H and O–H groups in total. The lowest BCUT2D eigenvalue weighted by atomic mass is 9.65. The molecule has 0 spiro atoms. The average Bonchev–Trinajstić information content (AvgIpc) is 2.76. The Bertz CT molecular complexity index is 899. The van der Waals surface area contributed by atoms with E-state index in [-0.39, 0.29) is 48.6 Å². The quantitative estimate of drug-likeness (QED) is 0.340. The van der Waals surface area contributed by atoms with E-state index in [9.17, 15) is 19.5 Å². The molecule has 7 unspecified atom stereocenters. The average molecular weight is 534 g/mol. The molecule has 0 fully saturated rings. The third-order valence-electron chi connectivity index (χ3n) is 7.92. The minimum Gasteiger partial charge on any atom is -0.462 e. The minimum absolute atomic E-state index is 0.00905. The number of aliphatic hydroxyl groups is 1. The van der Waals surface area contributed by atoms with E-state index in [0.29, 0.717) is 18.8 Å². The molecule has 216 valence electrons. The SMILES string of the molecule is CCC(C)(C)C(=O)OC1CC(C)C=C2C=CC(C)C(CCC(O)CC(CC(=O)NC(C)(C)C)OC(C)=O)C21. The fraction of sp³-hybridized carbons (Fsp3) is 0.774. The molecular weight excluding hydrogens is 482 g/mol. The summed E-state index contributed by atoms with van der Waals surface area (Å²) in [5.74, 6) is 0.0217. The fourth-order valence-corrected chi connectivity index (χ4v) is 5.55. The topological polar surface area (TPSA) is 102 Å². The van der Waals surface area contributed by atoms with Crippen molar-refractivity contribution in [2.45, 2.75) is 125 Å². The molecule has 0 heterocycles. The van der Waals surface area contributed by atoms with Crippen LogP contribution in [-0.4, -0.2) is 46.8 Å². The molecule has 0 saturated carbocycles. The molecule has 7 atom stereocenters. The Morgan fingerprint density at radius 3 is 2.39 bits per heavy atom. The highest BCUT2D eigenvalue weighted by Crippen LogP contribution is 2.45. The van der Waals surface area contributed by atoms with Crippen LogP contribution in [0.3, 0.4) is 0 Å². The number of allylic oxidation sites excluding steroid dienone is 3. The molecule has 0 aromatic heterocycles. The summed E-state index contributed by atoms with van der Waals surface area (Å²) in [6, 6.07) is 0. The smallest absolute Gasteiger partial charge is 0.311 e. The number of esters is 2. The Morgan fingerprint density at radius 2 is 1.82 bits per heavy atom. The van der Waals surface area contributed by atoms with Crippen molar-refractivity contribution < 1.29 is 29.0 Å². The van der Waals surface area contributed by atoms with Gasteiger partial charge in [-0.3, -0.25) is 14.4 Å². The predicted molar refractivity (Wildman–Crippen MR) is 149 cm³/mol. The number of aliphatic hydroxyl groups excluding tert-OH is 1. The molecule has 7 nitrogen and oxygen atoms in total. The lowest BCUT2D eigenvalue weighted by molar-refractivity contribution is -0.165. The van der Waals surface area contributed by atoms with Crippen molar-refractivity contribution >= 4 is 17.8 Å². The van der Waals surface area contributed by atoms with E-state index >= 15 is 0 Å². The fourth-order valence-electron chi connectivity index (χ4n) is 5.55. The second kappa shape index (κ2) is 13.3. The summed E-state index contributed by atoms with van der Waals surface area (Å²) >= 11 is 0. The van der Waals surface area contributed by atoms with Gasteiger partial charge >= 0.3 is 11.9 Å². The summed E-state index contributed by atoms with van der Waals surface area (Å²) in [6.45, 7) is 17.2. The van der Waals surface area contributed by atoms with Gasteiger partial charge in [0.25, 0.3) is 0 Å². The van der Waals surface area contributed by atoms with Crippen molar-refractivity contribution in [3.05, 3.63) is 23.8 Å². The van der Waals surface area contributed by atoms with Crippen molar-refractivity contribution in [2.24, 2.45) is 29.1 Å². The monoisotopic (exact) mass is 533 g/mol. The Labute approximate surface area is 229 Å². The third kappa shape index (κ3) is 9.55. The van der Waals surface area contributed by atoms with E-state index in [4.69, 9.17) is 9.47 Å². The summed E-state index contributed by atoms with van der Waals surface area (Å²) in [6.07, 6.45) is 8.00. The van der Waals surface area contributed by atoms with Crippen LogP contribution in [-0.2, 0) is 23.9 Å². The number of amides is 1. The van der Waals surface area contributed by atoms with Crippen LogP contribution in [0.15, 0.2) is 23.8 Å². The molecule has 1 amide bonds. The van der Waals surface area contributed by atoms with E-state index < -0.39 is 29.1 Å². The standard InChI is InChI=1S/C31H51NO6/c1-10-31(8,9)29(36)38-26-16-19(2)15-22-12-11-20(3)25(28(22)26)14-13-23(34)17-24(37-21(4)33)18-27(35)32-30(5,6)7/h11-12,15,19-20,23-26,28,34H,10,13-14,16-18H2,1-9H3,(H,32,35). The summed E-state index contributed by atoms with van der Waals surface area (Å²) in [4.78, 5) is 37.1. The molecule has 0 aliphatic heterocycles. The summed E-state index contributed by atoms with van der Waals surface area (Å²) in [5.41, 5.74) is 0.290. The molecule has 2 rings (SSSR count). The number of hydrogen-bond acceptors (Lipinski definition) is 6. The largest absolute Gasteiger partial charge is 0.462 e. The molecule has 7 heteroatoms. The van der Waals surface area contributed by atoms with Gasteiger partial charge in [0.15, 0.2) is 0 Å². The zero-order valence-electron chi connectivity index (χ0n) is 25.0. The van der Waals surface area contributed by atoms with Gasteiger partial charge in [0.05, 0.1) is 17.9 Å². The van der Waals surface area contributed by atoms with E-state index in [0.717, 1.165) is 12.8 Å². The van der Waals surface area contributed by atoms with Crippen LogP contribution >= 0.6 is 0 Å². The predicted octanol–water partition coefficient (Wildman–Crippen LogP) is 5.51. The van der Waals surface area contributed by atoms with Gasteiger partial charge in [-0.25, -0.2) is 0 Å². The molecule has 0 aromatic rings. The highest BCUT2D eigenvalue weighted by atomic mass is 16.5. The second-order valence-corrected chi connectivity index (χ2v) is 13.2. The van der Waals surface area contributed by atoms with Crippen molar-refractivity contribution in [2.75, 3.05) is 0 Å². The second-order valence-electron chi connectivity index (χ2n) is 13.2. The Hall–Kier alpha value is -2.15. The Kier molecular flexibility index (Phi) is 11.2. The number of ether oxygens (including phenoxy) is 2. The number of fused-ring (bicyclic) bond motifs is 1. The first-order chi connectivity index (χ1) is 17.5. The first kappa shape index (κ1) is 32.1. The molecule has 0 aromatic carbocycles. The maximum atomic E-state index is 13.0. The van der Waals surface area contributed by atoms with E-state index in [1.54, 1.807) is 0 Å².